The first kappa shape index (κ1) is 59.6. The maximum atomic E-state index is 13.2. The molecule has 0 spiro atoms. The lowest BCUT2D eigenvalue weighted by atomic mass is 10.0. The number of unbranched alkanes of at least 4 members (excludes halogenated alkanes) is 36. The van der Waals surface area contributed by atoms with Gasteiger partial charge in [-0.2, -0.15) is 0 Å². The number of allylic oxidation sites excluding steroid dienone is 2. The lowest BCUT2D eigenvalue weighted by Crippen LogP contribution is -2.46. The van der Waals surface area contributed by atoms with Gasteiger partial charge in [0, 0.05) is 6.42 Å². The molecule has 3 N–H and O–H groups in total. The summed E-state index contributed by atoms with van der Waals surface area (Å²) in [5.74, 6) is -0.459. The number of esters is 1. The summed E-state index contributed by atoms with van der Waals surface area (Å²) >= 11 is 0. The van der Waals surface area contributed by atoms with Gasteiger partial charge in [0.25, 0.3) is 0 Å². The molecule has 0 bridgehead atoms. The van der Waals surface area contributed by atoms with Crippen LogP contribution >= 0.6 is 0 Å². The number of aliphatic hydroxyl groups is 2. The van der Waals surface area contributed by atoms with Crippen LogP contribution in [-0.4, -0.2) is 46.9 Å². The van der Waals surface area contributed by atoms with E-state index in [1.54, 1.807) is 0 Å². The van der Waals surface area contributed by atoms with Crippen LogP contribution in [0.1, 0.15) is 303 Å². The van der Waals surface area contributed by atoms with Crippen molar-refractivity contribution in [1.82, 2.24) is 5.32 Å². The molecule has 3 atom stereocenters. The number of nitrogens with one attached hydrogen (secondary N) is 1. The Morgan fingerprint density at radius 3 is 1.16 bits per heavy atom. The van der Waals surface area contributed by atoms with Gasteiger partial charge in [0.15, 0.2) is 0 Å². The van der Waals surface area contributed by atoms with Crippen LogP contribution in [0.5, 0.6) is 0 Å². The molecule has 0 rings (SSSR count). The largest absolute Gasteiger partial charge is 0.462 e. The molecule has 0 fully saturated rings. The fraction of sp³-hybridized carbons (Fsp3) is 0.927. The minimum atomic E-state index is -0.782. The van der Waals surface area contributed by atoms with Crippen LogP contribution in [0.25, 0.3) is 0 Å². The minimum Gasteiger partial charge on any atom is -0.462 e. The Morgan fingerprint density at radius 2 is 0.787 bits per heavy atom. The number of amides is 1. The highest BCUT2D eigenvalue weighted by molar-refractivity contribution is 5.77. The Bertz CT molecular complexity index is 924. The van der Waals surface area contributed by atoms with Gasteiger partial charge >= 0.3 is 5.97 Å². The summed E-state index contributed by atoms with van der Waals surface area (Å²) in [7, 11) is 0. The van der Waals surface area contributed by atoms with E-state index in [1.165, 1.54) is 205 Å². The maximum Gasteiger partial charge on any atom is 0.306 e. The minimum absolute atomic E-state index is 0.0817. The molecule has 0 aliphatic carbocycles. The Morgan fingerprint density at radius 1 is 0.459 bits per heavy atom. The zero-order chi connectivity index (χ0) is 44.5. The average molecular weight is 862 g/mol. The third-order valence-corrected chi connectivity index (χ3v) is 12.8. The van der Waals surface area contributed by atoms with Crippen molar-refractivity contribution in [2.75, 3.05) is 6.61 Å². The molecule has 0 aliphatic rings. The predicted molar refractivity (Wildman–Crippen MR) is 264 cm³/mol. The number of aliphatic hydroxyl groups excluding tert-OH is 2. The second-order valence-electron chi connectivity index (χ2n) is 19.0. The normalized spacial score (nSPS) is 13.2. The van der Waals surface area contributed by atoms with E-state index in [9.17, 15) is 19.8 Å². The summed E-state index contributed by atoms with van der Waals surface area (Å²) < 4.78 is 5.95. The van der Waals surface area contributed by atoms with E-state index in [2.05, 4.69) is 38.2 Å². The van der Waals surface area contributed by atoms with Crippen molar-refractivity contribution >= 4 is 11.9 Å². The maximum absolute atomic E-state index is 13.2. The molecule has 0 aromatic carbocycles. The van der Waals surface area contributed by atoms with Gasteiger partial charge in [-0.3, -0.25) is 9.59 Å². The molecule has 3 unspecified atom stereocenters. The molecule has 0 radical (unpaired) electrons. The van der Waals surface area contributed by atoms with E-state index in [-0.39, 0.29) is 24.9 Å². The van der Waals surface area contributed by atoms with Gasteiger partial charge < -0.3 is 20.3 Å². The summed E-state index contributed by atoms with van der Waals surface area (Å²) in [6.45, 7) is 6.49. The first-order valence-corrected chi connectivity index (χ1v) is 27.4. The highest BCUT2D eigenvalue weighted by atomic mass is 16.5. The molecule has 1 amide bonds. The lowest BCUT2D eigenvalue weighted by Gasteiger charge is -2.24. The van der Waals surface area contributed by atoms with Crippen molar-refractivity contribution in [3.63, 3.8) is 0 Å². The van der Waals surface area contributed by atoms with E-state index in [4.69, 9.17) is 4.74 Å². The molecule has 6 nitrogen and oxygen atoms in total. The van der Waals surface area contributed by atoms with Gasteiger partial charge in [-0.05, 0) is 51.4 Å². The van der Waals surface area contributed by atoms with Crippen molar-refractivity contribution in [2.45, 2.75) is 322 Å². The monoisotopic (exact) mass is 862 g/mol. The first-order chi connectivity index (χ1) is 30.0. The van der Waals surface area contributed by atoms with Gasteiger partial charge in [0.05, 0.1) is 25.2 Å². The SMILES string of the molecule is CCCCCCCC/C=C/CCCCCCCCCC(CC(=O)NC(CO)C(O)CCCCCCCCCCC)OC(=O)CCCCCCCCCCCCCCCCCC. The van der Waals surface area contributed by atoms with Crippen molar-refractivity contribution < 1.29 is 24.5 Å². The zero-order valence-corrected chi connectivity index (χ0v) is 41.3. The quantitative estimate of drug-likeness (QED) is 0.0322. The van der Waals surface area contributed by atoms with E-state index < -0.39 is 18.2 Å². The zero-order valence-electron chi connectivity index (χ0n) is 41.3. The van der Waals surface area contributed by atoms with Crippen LogP contribution in [0, 0.1) is 0 Å². The van der Waals surface area contributed by atoms with Crippen molar-refractivity contribution in [2.24, 2.45) is 0 Å². The topological polar surface area (TPSA) is 95.9 Å². The Labute approximate surface area is 380 Å². The van der Waals surface area contributed by atoms with E-state index >= 15 is 0 Å². The number of hydrogen-bond acceptors (Lipinski definition) is 5. The molecule has 61 heavy (non-hydrogen) atoms. The number of ether oxygens (including phenoxy) is 1. The molecule has 6 heteroatoms. The highest BCUT2D eigenvalue weighted by Crippen LogP contribution is 2.19. The summed E-state index contributed by atoms with van der Waals surface area (Å²) in [6, 6.07) is -0.696. The second kappa shape index (κ2) is 49.6. The molecule has 0 heterocycles. The molecule has 0 aromatic rings. The van der Waals surface area contributed by atoms with E-state index in [0.29, 0.717) is 19.3 Å². The Kier molecular flexibility index (Phi) is 48.5. The fourth-order valence-corrected chi connectivity index (χ4v) is 8.66. The predicted octanol–water partition coefficient (Wildman–Crippen LogP) is 16.5. The smallest absolute Gasteiger partial charge is 0.306 e. The molecule has 0 aliphatic heterocycles. The van der Waals surface area contributed by atoms with Crippen molar-refractivity contribution in [3.8, 4) is 0 Å². The second-order valence-corrected chi connectivity index (χ2v) is 19.0. The summed E-state index contributed by atoms with van der Waals surface area (Å²) in [4.78, 5) is 26.2. The standard InChI is InChI=1S/C55H107NO5/c1-4-7-10-13-16-19-21-23-25-27-28-30-32-35-37-40-43-46-51(49-54(59)56-52(50-57)53(58)47-44-41-38-34-18-15-12-9-6-3)61-55(60)48-45-42-39-36-33-31-29-26-24-22-20-17-14-11-8-5-2/h23,25,51-53,57-58H,4-22,24,26-50H2,1-3H3,(H,56,59)/b25-23+. The molecular weight excluding hydrogens is 755 g/mol. The summed E-state index contributed by atoms with van der Waals surface area (Å²) in [6.07, 6.45) is 55.6. The molecular formula is C55H107NO5. The fourth-order valence-electron chi connectivity index (χ4n) is 8.66. The van der Waals surface area contributed by atoms with Gasteiger partial charge in [-0.15, -0.1) is 0 Å². The number of carbonyl (C=O) groups excluding carboxylic acids is 2. The van der Waals surface area contributed by atoms with Crippen LogP contribution in [0.3, 0.4) is 0 Å². The van der Waals surface area contributed by atoms with E-state index in [1.807, 2.05) is 0 Å². The van der Waals surface area contributed by atoms with Gasteiger partial charge in [0.1, 0.15) is 6.10 Å². The number of hydrogen-bond donors (Lipinski definition) is 3. The third kappa shape index (κ3) is 45.0. The van der Waals surface area contributed by atoms with Crippen LogP contribution in [0.2, 0.25) is 0 Å². The van der Waals surface area contributed by atoms with Crippen molar-refractivity contribution in [3.05, 3.63) is 12.2 Å². The van der Waals surface area contributed by atoms with Gasteiger partial charge in [0.2, 0.25) is 5.91 Å². The van der Waals surface area contributed by atoms with Crippen molar-refractivity contribution in [1.29, 1.82) is 0 Å². The van der Waals surface area contributed by atoms with Crippen LogP contribution in [0.15, 0.2) is 12.2 Å². The van der Waals surface area contributed by atoms with Crippen LogP contribution in [0.4, 0.5) is 0 Å². The molecule has 362 valence electrons. The van der Waals surface area contributed by atoms with Gasteiger partial charge in [-0.25, -0.2) is 0 Å². The van der Waals surface area contributed by atoms with E-state index in [0.717, 1.165) is 51.4 Å². The van der Waals surface area contributed by atoms with Gasteiger partial charge in [-0.1, -0.05) is 251 Å². The lowest BCUT2D eigenvalue weighted by molar-refractivity contribution is -0.151. The highest BCUT2D eigenvalue weighted by Gasteiger charge is 2.24. The number of rotatable bonds is 50. The Hall–Kier alpha value is -1.40. The summed E-state index contributed by atoms with van der Waals surface area (Å²) in [5.41, 5.74) is 0. The first-order valence-electron chi connectivity index (χ1n) is 27.4. The van der Waals surface area contributed by atoms with Crippen LogP contribution < -0.4 is 5.32 Å². The third-order valence-electron chi connectivity index (χ3n) is 12.8. The van der Waals surface area contributed by atoms with Crippen LogP contribution in [-0.2, 0) is 14.3 Å². The molecule has 0 aromatic heterocycles. The molecule has 0 saturated heterocycles. The Balaban J connectivity index is 4.51. The average Bonchev–Trinajstić information content (AvgIpc) is 3.25. The number of carbonyl (C=O) groups is 2. The summed E-state index contributed by atoms with van der Waals surface area (Å²) in [5, 5.41) is 23.7. The molecule has 0 saturated carbocycles.